The van der Waals surface area contributed by atoms with Gasteiger partial charge in [0, 0.05) is 0 Å². The van der Waals surface area contributed by atoms with Crippen molar-refractivity contribution in [3.05, 3.63) is 59.7 Å². The van der Waals surface area contributed by atoms with Gasteiger partial charge in [0.15, 0.2) is 6.61 Å². The Morgan fingerprint density at radius 2 is 2.00 bits per heavy atom. The van der Waals surface area contributed by atoms with Crippen LogP contribution in [0.25, 0.3) is 0 Å². The number of carbonyl (C=O) groups is 1. The Labute approximate surface area is 135 Å². The van der Waals surface area contributed by atoms with Gasteiger partial charge in [-0.3, -0.25) is 4.79 Å². The van der Waals surface area contributed by atoms with Gasteiger partial charge >= 0.3 is 0 Å². The van der Waals surface area contributed by atoms with Crippen molar-refractivity contribution in [2.24, 2.45) is 0 Å². The van der Waals surface area contributed by atoms with Crippen molar-refractivity contribution in [1.29, 1.82) is 5.26 Å². The van der Waals surface area contributed by atoms with Crippen LogP contribution in [-0.2, 0) is 4.79 Å². The number of nitrogens with zero attached hydrogens (tertiary/aromatic N) is 1. The fourth-order valence-electron chi connectivity index (χ4n) is 1.94. The molecule has 0 heterocycles. The molecule has 0 aliphatic carbocycles. The van der Waals surface area contributed by atoms with E-state index in [1.54, 1.807) is 24.3 Å². The molecule has 0 atom stereocenters. The lowest BCUT2D eigenvalue weighted by molar-refractivity contribution is -0.123. The van der Waals surface area contributed by atoms with Crippen molar-refractivity contribution in [3.63, 3.8) is 0 Å². The molecule has 0 aromatic heterocycles. The molecule has 118 valence electrons. The van der Waals surface area contributed by atoms with Gasteiger partial charge in [0.25, 0.3) is 5.91 Å². The van der Waals surface area contributed by atoms with Gasteiger partial charge in [0.05, 0.1) is 12.1 Å². The molecule has 0 saturated heterocycles. The number of carbonyl (C=O) groups excluding carboxylic acids is 1. The third-order valence-corrected chi connectivity index (χ3v) is 3.05. The van der Waals surface area contributed by atoms with Gasteiger partial charge in [-0.2, -0.15) is 5.26 Å². The van der Waals surface area contributed by atoms with Crippen LogP contribution in [0.15, 0.2) is 48.5 Å². The second kappa shape index (κ2) is 8.44. The molecule has 2 aromatic rings. The van der Waals surface area contributed by atoms with Gasteiger partial charge in [-0.1, -0.05) is 24.3 Å². The average molecular weight is 310 g/mol. The fourth-order valence-corrected chi connectivity index (χ4v) is 1.94. The van der Waals surface area contributed by atoms with Gasteiger partial charge in [-0.05, 0) is 36.8 Å². The zero-order chi connectivity index (χ0) is 16.5. The molecule has 5 heteroatoms. The molecule has 0 fully saturated rings. The number of benzene rings is 2. The smallest absolute Gasteiger partial charge is 0.258 e. The predicted octanol–water partition coefficient (Wildman–Crippen LogP) is 2.44. The molecule has 0 saturated carbocycles. The Morgan fingerprint density at radius 3 is 2.78 bits per heavy atom. The molecule has 1 amide bonds. The van der Waals surface area contributed by atoms with E-state index in [1.807, 2.05) is 37.3 Å². The highest BCUT2D eigenvalue weighted by Crippen LogP contribution is 2.16. The van der Waals surface area contributed by atoms with Gasteiger partial charge in [0.2, 0.25) is 0 Å². The summed E-state index contributed by atoms with van der Waals surface area (Å²) in [5.74, 6) is 0.921. The first-order valence-corrected chi connectivity index (χ1v) is 7.27. The maximum absolute atomic E-state index is 11.7. The zero-order valence-electron chi connectivity index (χ0n) is 12.9. The minimum atomic E-state index is -0.259. The maximum atomic E-state index is 11.7. The van der Waals surface area contributed by atoms with E-state index in [4.69, 9.17) is 14.7 Å². The molecule has 5 nitrogen and oxygen atoms in total. The summed E-state index contributed by atoms with van der Waals surface area (Å²) in [7, 11) is 0. The number of rotatable bonds is 7. The standard InChI is InChI=1S/C18H18N2O3/c1-14-5-4-7-16(11-14)22-10-9-20-18(21)13-23-17-8-3-2-6-15(17)12-19/h2-8,11H,9-10,13H2,1H3,(H,20,21). The van der Waals surface area contributed by atoms with Gasteiger partial charge in [-0.15, -0.1) is 0 Å². The molecule has 1 N–H and O–H groups in total. The molecular weight excluding hydrogens is 292 g/mol. The van der Waals surface area contributed by atoms with Gasteiger partial charge in [0.1, 0.15) is 24.2 Å². The fraction of sp³-hybridized carbons (Fsp3) is 0.222. The second-order valence-corrected chi connectivity index (χ2v) is 4.91. The minimum absolute atomic E-state index is 0.136. The zero-order valence-corrected chi connectivity index (χ0v) is 12.9. The van der Waals surface area contributed by atoms with Crippen LogP contribution in [-0.4, -0.2) is 25.7 Å². The molecule has 2 aromatic carbocycles. The van der Waals surface area contributed by atoms with Crippen molar-refractivity contribution in [1.82, 2.24) is 5.32 Å². The molecule has 0 spiro atoms. The van der Waals surface area contributed by atoms with E-state index in [0.29, 0.717) is 24.5 Å². The lowest BCUT2D eigenvalue weighted by atomic mass is 10.2. The highest BCUT2D eigenvalue weighted by Gasteiger charge is 2.05. The Hall–Kier alpha value is -3.00. The number of nitriles is 1. The Morgan fingerprint density at radius 1 is 1.17 bits per heavy atom. The summed E-state index contributed by atoms with van der Waals surface area (Å²) in [5.41, 5.74) is 1.53. The van der Waals surface area contributed by atoms with Crippen LogP contribution in [0, 0.1) is 18.3 Å². The van der Waals surface area contributed by atoms with E-state index in [-0.39, 0.29) is 12.5 Å². The normalized spacial score (nSPS) is 9.74. The van der Waals surface area contributed by atoms with Crippen LogP contribution in [0.3, 0.4) is 0 Å². The molecular formula is C18H18N2O3. The van der Waals surface area contributed by atoms with E-state index in [2.05, 4.69) is 5.32 Å². The molecule has 23 heavy (non-hydrogen) atoms. The number of aryl methyl sites for hydroxylation is 1. The van der Waals surface area contributed by atoms with Crippen LogP contribution < -0.4 is 14.8 Å². The summed E-state index contributed by atoms with van der Waals surface area (Å²) in [6.45, 7) is 2.62. The summed E-state index contributed by atoms with van der Waals surface area (Å²) < 4.78 is 10.9. The van der Waals surface area contributed by atoms with Crippen molar-refractivity contribution in [2.45, 2.75) is 6.92 Å². The van der Waals surface area contributed by atoms with Gasteiger partial charge < -0.3 is 14.8 Å². The van der Waals surface area contributed by atoms with Crippen LogP contribution in [0.1, 0.15) is 11.1 Å². The van der Waals surface area contributed by atoms with Crippen LogP contribution in [0.2, 0.25) is 0 Å². The number of para-hydroxylation sites is 1. The number of amides is 1. The first-order valence-electron chi connectivity index (χ1n) is 7.27. The van der Waals surface area contributed by atoms with E-state index < -0.39 is 0 Å². The quantitative estimate of drug-likeness (QED) is 0.797. The van der Waals surface area contributed by atoms with E-state index >= 15 is 0 Å². The van der Waals surface area contributed by atoms with Crippen LogP contribution >= 0.6 is 0 Å². The Kier molecular flexibility index (Phi) is 6.01. The maximum Gasteiger partial charge on any atom is 0.258 e. The lowest BCUT2D eigenvalue weighted by Gasteiger charge is -2.09. The largest absolute Gasteiger partial charge is 0.492 e. The van der Waals surface area contributed by atoms with E-state index in [1.165, 1.54) is 0 Å². The Balaban J connectivity index is 1.68. The highest BCUT2D eigenvalue weighted by molar-refractivity contribution is 5.77. The molecule has 0 aliphatic rings. The monoisotopic (exact) mass is 310 g/mol. The second-order valence-electron chi connectivity index (χ2n) is 4.91. The molecule has 0 aliphatic heterocycles. The van der Waals surface area contributed by atoms with Crippen molar-refractivity contribution in [2.75, 3.05) is 19.8 Å². The number of hydrogen-bond acceptors (Lipinski definition) is 4. The molecule has 0 radical (unpaired) electrons. The Bertz CT molecular complexity index is 707. The molecule has 0 bridgehead atoms. The van der Waals surface area contributed by atoms with Crippen LogP contribution in [0.4, 0.5) is 0 Å². The first-order chi connectivity index (χ1) is 11.2. The molecule has 0 unspecified atom stereocenters. The third-order valence-electron chi connectivity index (χ3n) is 3.05. The van der Waals surface area contributed by atoms with E-state index in [0.717, 1.165) is 11.3 Å². The van der Waals surface area contributed by atoms with Crippen molar-refractivity contribution >= 4 is 5.91 Å². The van der Waals surface area contributed by atoms with Gasteiger partial charge in [-0.25, -0.2) is 0 Å². The predicted molar refractivity (Wildman–Crippen MR) is 86.3 cm³/mol. The summed E-state index contributed by atoms with van der Waals surface area (Å²) in [4.78, 5) is 11.7. The summed E-state index contributed by atoms with van der Waals surface area (Å²) in [6, 6.07) is 16.5. The summed E-state index contributed by atoms with van der Waals surface area (Å²) in [6.07, 6.45) is 0. The SMILES string of the molecule is Cc1cccc(OCCNC(=O)COc2ccccc2C#N)c1. The topological polar surface area (TPSA) is 71.3 Å². The van der Waals surface area contributed by atoms with Crippen LogP contribution in [0.5, 0.6) is 11.5 Å². The average Bonchev–Trinajstić information content (AvgIpc) is 2.57. The molecule has 2 rings (SSSR count). The number of ether oxygens (including phenoxy) is 2. The van der Waals surface area contributed by atoms with Crippen molar-refractivity contribution < 1.29 is 14.3 Å². The third kappa shape index (κ3) is 5.36. The van der Waals surface area contributed by atoms with E-state index in [9.17, 15) is 4.79 Å². The minimum Gasteiger partial charge on any atom is -0.492 e. The summed E-state index contributed by atoms with van der Waals surface area (Å²) in [5, 5.41) is 11.6. The number of hydrogen-bond donors (Lipinski definition) is 1. The highest BCUT2D eigenvalue weighted by atomic mass is 16.5. The first kappa shape index (κ1) is 16.4. The summed E-state index contributed by atoms with van der Waals surface area (Å²) >= 11 is 0. The lowest BCUT2D eigenvalue weighted by Crippen LogP contribution is -2.32. The number of nitrogens with one attached hydrogen (secondary N) is 1. The van der Waals surface area contributed by atoms with Crippen molar-refractivity contribution in [3.8, 4) is 17.6 Å².